The smallest absolute Gasteiger partial charge is 0.272 e. The molecule has 1 aromatic carbocycles. The van der Waals surface area contributed by atoms with Crippen molar-refractivity contribution in [1.29, 1.82) is 0 Å². The lowest BCUT2D eigenvalue weighted by molar-refractivity contribution is 0.0852. The molecular weight excluding hydrogens is 340 g/mol. The molecule has 5 rings (SSSR count). The van der Waals surface area contributed by atoms with Gasteiger partial charge < -0.3 is 15.1 Å². The van der Waals surface area contributed by atoms with Crippen LogP contribution >= 0.6 is 0 Å². The number of benzene rings is 1. The number of carbonyl (C=O) groups is 1. The van der Waals surface area contributed by atoms with E-state index >= 15 is 0 Å². The summed E-state index contributed by atoms with van der Waals surface area (Å²) >= 11 is 0. The lowest BCUT2D eigenvalue weighted by Crippen LogP contribution is -2.57. The Hall–Kier alpha value is -2.93. The third kappa shape index (κ3) is 2.94. The highest BCUT2D eigenvalue weighted by atomic mass is 16.2. The summed E-state index contributed by atoms with van der Waals surface area (Å²) in [6.45, 7) is 3.81. The van der Waals surface area contributed by atoms with Gasteiger partial charge in [0, 0.05) is 43.9 Å². The minimum atomic E-state index is -0.136. The van der Waals surface area contributed by atoms with Crippen molar-refractivity contribution in [3.63, 3.8) is 0 Å². The van der Waals surface area contributed by atoms with Gasteiger partial charge in [0.15, 0.2) is 11.3 Å². The fourth-order valence-electron chi connectivity index (χ4n) is 3.64. The second-order valence-electron chi connectivity index (χ2n) is 7.40. The third-order valence-corrected chi connectivity index (χ3v) is 5.30. The number of hydrogen-bond acceptors (Lipinski definition) is 5. The highest BCUT2D eigenvalue weighted by Crippen LogP contribution is 2.27. The molecule has 0 aliphatic carbocycles. The lowest BCUT2D eigenvalue weighted by atomic mass is 10.1. The number of rotatable bonds is 4. The van der Waals surface area contributed by atoms with Crippen molar-refractivity contribution in [3.05, 3.63) is 48.2 Å². The van der Waals surface area contributed by atoms with Gasteiger partial charge in [-0.2, -0.15) is 5.10 Å². The highest BCUT2D eigenvalue weighted by molar-refractivity contribution is 5.94. The Morgan fingerprint density at radius 1 is 1.15 bits per heavy atom. The van der Waals surface area contributed by atoms with E-state index in [2.05, 4.69) is 38.4 Å². The Morgan fingerprint density at radius 2 is 1.93 bits per heavy atom. The Morgan fingerprint density at radius 3 is 2.59 bits per heavy atom. The Kier molecular flexibility index (Phi) is 3.82. The summed E-state index contributed by atoms with van der Waals surface area (Å²) in [6, 6.07) is 14.2. The molecule has 2 aliphatic heterocycles. The van der Waals surface area contributed by atoms with Crippen molar-refractivity contribution in [1.82, 2.24) is 24.8 Å². The van der Waals surface area contributed by atoms with Gasteiger partial charge >= 0.3 is 0 Å². The summed E-state index contributed by atoms with van der Waals surface area (Å²) in [5.74, 6) is 0.809. The van der Waals surface area contributed by atoms with Crippen LogP contribution in [0, 0.1) is 0 Å². The van der Waals surface area contributed by atoms with Crippen LogP contribution in [0.5, 0.6) is 0 Å². The van der Waals surface area contributed by atoms with Crippen molar-refractivity contribution in [3.8, 4) is 11.3 Å². The molecule has 0 unspecified atom stereocenters. The van der Waals surface area contributed by atoms with Crippen molar-refractivity contribution < 1.29 is 4.79 Å². The average Bonchev–Trinajstić information content (AvgIpc) is 3.03. The number of likely N-dealkylation sites (N-methyl/N-ethyl adjacent to an activating group) is 1. The maximum atomic E-state index is 12.6. The molecule has 7 heteroatoms. The van der Waals surface area contributed by atoms with Gasteiger partial charge in [0.25, 0.3) is 5.91 Å². The molecule has 2 fully saturated rings. The fraction of sp³-hybridized carbons (Fsp3) is 0.350. The van der Waals surface area contributed by atoms with Gasteiger partial charge in [-0.1, -0.05) is 30.3 Å². The number of amides is 1. The molecule has 138 valence electrons. The first-order valence-corrected chi connectivity index (χ1v) is 9.38. The number of aromatic nitrogens is 3. The van der Waals surface area contributed by atoms with E-state index in [4.69, 9.17) is 4.98 Å². The summed E-state index contributed by atoms with van der Waals surface area (Å²) in [7, 11) is 2.04. The number of carbonyl (C=O) groups excluding carboxylic acids is 1. The minimum absolute atomic E-state index is 0.136. The normalized spacial score (nSPS) is 17.6. The third-order valence-electron chi connectivity index (χ3n) is 5.30. The van der Waals surface area contributed by atoms with E-state index in [1.165, 1.54) is 6.42 Å². The minimum Gasteiger partial charge on any atom is -0.356 e. The van der Waals surface area contributed by atoms with Gasteiger partial charge in [-0.05, 0) is 13.5 Å². The summed E-state index contributed by atoms with van der Waals surface area (Å²) < 4.78 is 1.78. The molecule has 1 N–H and O–H groups in total. The van der Waals surface area contributed by atoms with Crippen LogP contribution in [0.25, 0.3) is 16.9 Å². The second-order valence-corrected chi connectivity index (χ2v) is 7.40. The van der Waals surface area contributed by atoms with E-state index in [-0.39, 0.29) is 11.9 Å². The van der Waals surface area contributed by atoms with Crippen LogP contribution in [0.15, 0.2) is 42.5 Å². The van der Waals surface area contributed by atoms with Crippen molar-refractivity contribution in [2.24, 2.45) is 0 Å². The van der Waals surface area contributed by atoms with Crippen LogP contribution < -0.4 is 10.2 Å². The lowest BCUT2D eigenvalue weighted by Gasteiger charge is -2.36. The van der Waals surface area contributed by atoms with Crippen LogP contribution in [0.2, 0.25) is 0 Å². The van der Waals surface area contributed by atoms with Gasteiger partial charge in [-0.3, -0.25) is 4.79 Å². The first-order valence-electron chi connectivity index (χ1n) is 9.38. The average molecular weight is 362 g/mol. The van der Waals surface area contributed by atoms with Crippen molar-refractivity contribution in [2.45, 2.75) is 12.5 Å². The first-order chi connectivity index (χ1) is 13.2. The zero-order valence-corrected chi connectivity index (χ0v) is 15.3. The van der Waals surface area contributed by atoms with Gasteiger partial charge in [-0.15, -0.1) is 0 Å². The predicted molar refractivity (Wildman–Crippen MR) is 104 cm³/mol. The van der Waals surface area contributed by atoms with Crippen molar-refractivity contribution >= 4 is 17.4 Å². The van der Waals surface area contributed by atoms with E-state index in [0.29, 0.717) is 11.3 Å². The monoisotopic (exact) mass is 362 g/mol. The summed E-state index contributed by atoms with van der Waals surface area (Å²) in [4.78, 5) is 21.8. The van der Waals surface area contributed by atoms with E-state index in [1.807, 2.05) is 25.2 Å². The van der Waals surface area contributed by atoms with Crippen LogP contribution in [-0.2, 0) is 0 Å². The van der Waals surface area contributed by atoms with Crippen LogP contribution in [0.3, 0.4) is 0 Å². The first kappa shape index (κ1) is 16.3. The fourth-order valence-corrected chi connectivity index (χ4v) is 3.64. The molecule has 2 saturated heterocycles. The molecule has 4 heterocycles. The second kappa shape index (κ2) is 6.35. The number of fused-ring (bicyclic) bond motifs is 1. The van der Waals surface area contributed by atoms with Crippen molar-refractivity contribution in [2.75, 3.05) is 38.1 Å². The molecule has 1 amide bonds. The Balaban J connectivity index is 1.54. The largest absolute Gasteiger partial charge is 0.356 e. The van der Waals surface area contributed by atoms with Gasteiger partial charge in [0.2, 0.25) is 0 Å². The molecule has 0 saturated carbocycles. The van der Waals surface area contributed by atoms with Crippen LogP contribution in [0.4, 0.5) is 5.82 Å². The van der Waals surface area contributed by atoms with Crippen LogP contribution in [-0.4, -0.2) is 64.7 Å². The molecule has 2 aliphatic rings. The number of hydrogen-bond donors (Lipinski definition) is 1. The van der Waals surface area contributed by atoms with E-state index < -0.39 is 0 Å². The summed E-state index contributed by atoms with van der Waals surface area (Å²) in [5, 5.41) is 7.62. The number of anilines is 1. The zero-order valence-electron chi connectivity index (χ0n) is 15.3. The summed E-state index contributed by atoms with van der Waals surface area (Å²) in [6.07, 6.45) is 1.19. The predicted octanol–water partition coefficient (Wildman–Crippen LogP) is 1.65. The maximum absolute atomic E-state index is 12.6. The molecule has 0 spiro atoms. The van der Waals surface area contributed by atoms with Gasteiger partial charge in [-0.25, -0.2) is 9.50 Å². The standard InChI is InChI=1S/C20H22N6O/c1-24-12-15(13-24)21-20(27)16-10-19-22-18(25-8-5-9-25)11-17(26(19)23-16)14-6-3-2-4-7-14/h2-4,6-7,10-11,15H,5,8-9,12-13H2,1H3,(H,21,27). The molecule has 3 aromatic rings. The Bertz CT molecular complexity index is 988. The molecule has 0 radical (unpaired) electrons. The molecular formula is C20H22N6O. The number of likely N-dealkylation sites (tertiary alicyclic amines) is 1. The van der Waals surface area contributed by atoms with E-state index in [0.717, 1.165) is 43.3 Å². The quantitative estimate of drug-likeness (QED) is 0.765. The SMILES string of the molecule is CN1CC(NC(=O)c2cc3nc(N4CCC4)cc(-c4ccccc4)n3n2)C1. The van der Waals surface area contributed by atoms with E-state index in [9.17, 15) is 4.79 Å². The van der Waals surface area contributed by atoms with Gasteiger partial charge in [0.05, 0.1) is 11.7 Å². The molecule has 0 atom stereocenters. The zero-order chi connectivity index (χ0) is 18.4. The number of nitrogens with zero attached hydrogens (tertiary/aromatic N) is 5. The topological polar surface area (TPSA) is 65.8 Å². The number of nitrogens with one attached hydrogen (secondary N) is 1. The highest BCUT2D eigenvalue weighted by Gasteiger charge is 2.26. The van der Waals surface area contributed by atoms with Gasteiger partial charge in [0.1, 0.15) is 5.82 Å². The van der Waals surface area contributed by atoms with E-state index in [1.54, 1.807) is 10.6 Å². The molecule has 7 nitrogen and oxygen atoms in total. The maximum Gasteiger partial charge on any atom is 0.272 e. The molecule has 2 aromatic heterocycles. The summed E-state index contributed by atoms with van der Waals surface area (Å²) in [5.41, 5.74) is 3.12. The molecule has 0 bridgehead atoms. The Labute approximate surface area is 157 Å². The van der Waals surface area contributed by atoms with Crippen LogP contribution in [0.1, 0.15) is 16.9 Å². The molecule has 27 heavy (non-hydrogen) atoms.